The van der Waals surface area contributed by atoms with Crippen LogP contribution in [0.1, 0.15) is 19.8 Å². The minimum absolute atomic E-state index is 0.244. The van der Waals surface area contributed by atoms with E-state index in [0.29, 0.717) is 0 Å². The van der Waals surface area contributed by atoms with Crippen molar-refractivity contribution in [3.8, 4) is 0 Å². The number of hydrogen-bond acceptors (Lipinski definition) is 1. The summed E-state index contributed by atoms with van der Waals surface area (Å²) in [4.78, 5) is 0. The molecular weight excluding hydrogens is 351 g/mol. The number of benzene rings is 2. The number of hydrogen-bond donors (Lipinski definition) is 0. The van der Waals surface area contributed by atoms with Crippen molar-refractivity contribution >= 4 is 28.5 Å². The molecule has 1 aliphatic rings. The maximum atomic E-state index is 6.53. The highest BCUT2D eigenvalue weighted by Gasteiger charge is 2.35. The van der Waals surface area contributed by atoms with Crippen LogP contribution in [0.25, 0.3) is 0 Å². The summed E-state index contributed by atoms with van der Waals surface area (Å²) in [6, 6.07) is 19.3. The molecule has 132 valence electrons. The van der Waals surface area contributed by atoms with Gasteiger partial charge < -0.3 is 0 Å². The Morgan fingerprint density at radius 2 is 1.58 bits per heavy atom. The van der Waals surface area contributed by atoms with Crippen molar-refractivity contribution in [1.29, 1.82) is 0 Å². The lowest BCUT2D eigenvalue weighted by molar-refractivity contribution is 1.04. The van der Waals surface area contributed by atoms with Gasteiger partial charge >= 0.3 is 0 Å². The lowest BCUT2D eigenvalue weighted by atomic mass is 10.0. The molecule has 0 heterocycles. The SMILES string of the molecule is C=CCC1=C(CC(=C)C)C(P(=S)(c2ccccc2)c2ccccc2)C=C1. The van der Waals surface area contributed by atoms with E-state index in [1.54, 1.807) is 0 Å². The van der Waals surface area contributed by atoms with Gasteiger partial charge in [0.1, 0.15) is 0 Å². The van der Waals surface area contributed by atoms with E-state index < -0.39 is 6.04 Å². The lowest BCUT2D eigenvalue weighted by Crippen LogP contribution is -2.25. The van der Waals surface area contributed by atoms with Crippen LogP contribution in [0.3, 0.4) is 0 Å². The zero-order valence-electron chi connectivity index (χ0n) is 15.3. The monoisotopic (exact) mass is 376 g/mol. The molecule has 0 aromatic heterocycles. The highest BCUT2D eigenvalue weighted by Crippen LogP contribution is 2.55. The van der Waals surface area contributed by atoms with E-state index in [-0.39, 0.29) is 5.66 Å². The normalized spacial score (nSPS) is 16.7. The summed E-state index contributed by atoms with van der Waals surface area (Å²) in [5.74, 6) is 0. The second-order valence-electron chi connectivity index (χ2n) is 6.81. The van der Waals surface area contributed by atoms with Crippen molar-refractivity contribution in [3.63, 3.8) is 0 Å². The van der Waals surface area contributed by atoms with Gasteiger partial charge in [0.25, 0.3) is 0 Å². The van der Waals surface area contributed by atoms with Crippen LogP contribution in [0.15, 0.2) is 109 Å². The summed E-state index contributed by atoms with van der Waals surface area (Å²) in [7, 11) is 0. The number of allylic oxidation sites excluding steroid dienone is 6. The van der Waals surface area contributed by atoms with Crippen LogP contribution < -0.4 is 10.6 Å². The van der Waals surface area contributed by atoms with Crippen LogP contribution in [-0.2, 0) is 11.8 Å². The van der Waals surface area contributed by atoms with Crippen molar-refractivity contribution < 1.29 is 0 Å². The van der Waals surface area contributed by atoms with Gasteiger partial charge in [-0.2, -0.15) is 0 Å². The van der Waals surface area contributed by atoms with Gasteiger partial charge in [-0.25, -0.2) is 0 Å². The molecular formula is C24H25PS. The summed E-state index contributed by atoms with van der Waals surface area (Å²) in [5, 5.41) is 2.55. The van der Waals surface area contributed by atoms with E-state index in [1.807, 2.05) is 6.08 Å². The Kier molecular flexibility index (Phi) is 5.91. The van der Waals surface area contributed by atoms with Crippen LogP contribution in [0.5, 0.6) is 0 Å². The molecule has 0 radical (unpaired) electrons. The molecule has 3 rings (SSSR count). The Hall–Kier alpha value is -1.95. The van der Waals surface area contributed by atoms with E-state index >= 15 is 0 Å². The van der Waals surface area contributed by atoms with Crippen LogP contribution >= 0.6 is 6.04 Å². The van der Waals surface area contributed by atoms with Gasteiger partial charge in [0, 0.05) is 11.7 Å². The second kappa shape index (κ2) is 8.16. The fraction of sp³-hybridized carbons (Fsp3) is 0.167. The Bertz CT molecular complexity index is 860. The Balaban J connectivity index is 2.20. The standard InChI is InChI=1S/C24H25PS/c1-4-11-20-16-17-24(23(20)18-19(2)3)25(26,21-12-7-5-8-13-21)22-14-9-6-10-15-22/h4-10,12-17,24H,1-2,11,18H2,3H3. The van der Waals surface area contributed by atoms with E-state index in [2.05, 4.69) is 92.9 Å². The van der Waals surface area contributed by atoms with Gasteiger partial charge in [0.05, 0.1) is 0 Å². The molecule has 0 aliphatic heterocycles. The minimum Gasteiger partial charge on any atom is -0.103 e. The quantitative estimate of drug-likeness (QED) is 0.429. The molecule has 2 heteroatoms. The zero-order chi connectivity index (χ0) is 18.6. The first kappa shape index (κ1) is 18.8. The molecule has 1 aliphatic carbocycles. The fourth-order valence-electron chi connectivity index (χ4n) is 3.63. The smallest absolute Gasteiger partial charge is 0.0358 e. The van der Waals surface area contributed by atoms with E-state index in [1.165, 1.54) is 27.3 Å². The molecule has 26 heavy (non-hydrogen) atoms. The molecule has 0 saturated carbocycles. The molecule has 0 saturated heterocycles. The molecule has 0 bridgehead atoms. The lowest BCUT2D eigenvalue weighted by Gasteiger charge is -2.31. The Labute approximate surface area is 162 Å². The maximum absolute atomic E-state index is 6.53. The van der Waals surface area contributed by atoms with Crippen LogP contribution in [0.4, 0.5) is 0 Å². The molecule has 0 spiro atoms. The van der Waals surface area contributed by atoms with Gasteiger partial charge in [0.15, 0.2) is 0 Å². The first-order chi connectivity index (χ1) is 12.6. The van der Waals surface area contributed by atoms with E-state index in [9.17, 15) is 0 Å². The first-order valence-corrected chi connectivity index (χ1v) is 11.8. The van der Waals surface area contributed by atoms with E-state index in [4.69, 9.17) is 11.8 Å². The van der Waals surface area contributed by atoms with Gasteiger partial charge in [-0.05, 0) is 35.9 Å². The van der Waals surface area contributed by atoms with Crippen LogP contribution in [0.2, 0.25) is 0 Å². The predicted molar refractivity (Wildman–Crippen MR) is 121 cm³/mol. The third-order valence-corrected chi connectivity index (χ3v) is 10.1. The van der Waals surface area contributed by atoms with Crippen molar-refractivity contribution in [1.82, 2.24) is 0 Å². The molecule has 1 unspecified atom stereocenters. The highest BCUT2D eigenvalue weighted by atomic mass is 32.4. The highest BCUT2D eigenvalue weighted by molar-refractivity contribution is 8.22. The molecule has 2 aromatic rings. The fourth-order valence-corrected chi connectivity index (χ4v) is 8.15. The topological polar surface area (TPSA) is 0 Å². The second-order valence-corrected chi connectivity index (χ2v) is 11.4. The van der Waals surface area contributed by atoms with Gasteiger partial charge in [-0.3, -0.25) is 0 Å². The van der Waals surface area contributed by atoms with Gasteiger partial charge in [-0.1, -0.05) is 108 Å². The molecule has 0 nitrogen and oxygen atoms in total. The summed E-state index contributed by atoms with van der Waals surface area (Å²) in [5.41, 5.74) is 4.20. The maximum Gasteiger partial charge on any atom is 0.0358 e. The average molecular weight is 377 g/mol. The molecule has 2 aromatic carbocycles. The van der Waals surface area contributed by atoms with Crippen molar-refractivity contribution in [3.05, 3.63) is 109 Å². The molecule has 0 N–H and O–H groups in total. The zero-order valence-corrected chi connectivity index (χ0v) is 17.0. The molecule has 0 amide bonds. The average Bonchev–Trinajstić information content (AvgIpc) is 3.05. The van der Waals surface area contributed by atoms with Crippen LogP contribution in [0, 0.1) is 0 Å². The minimum atomic E-state index is -2.03. The third-order valence-electron chi connectivity index (χ3n) is 4.78. The van der Waals surface area contributed by atoms with Crippen molar-refractivity contribution in [2.45, 2.75) is 25.4 Å². The Morgan fingerprint density at radius 3 is 2.04 bits per heavy atom. The largest absolute Gasteiger partial charge is 0.103 e. The van der Waals surface area contributed by atoms with Gasteiger partial charge in [-0.15, -0.1) is 6.58 Å². The first-order valence-electron chi connectivity index (χ1n) is 8.93. The summed E-state index contributed by atoms with van der Waals surface area (Å²) in [6.07, 6.45) is 8.36. The number of rotatable bonds is 7. The van der Waals surface area contributed by atoms with Crippen molar-refractivity contribution in [2.75, 3.05) is 0 Å². The van der Waals surface area contributed by atoms with Crippen molar-refractivity contribution in [2.24, 2.45) is 0 Å². The Morgan fingerprint density at radius 1 is 1.04 bits per heavy atom. The van der Waals surface area contributed by atoms with Gasteiger partial charge in [0.2, 0.25) is 0 Å². The summed E-state index contributed by atoms with van der Waals surface area (Å²) in [6.45, 7) is 10.2. The van der Waals surface area contributed by atoms with E-state index in [0.717, 1.165) is 12.8 Å². The predicted octanol–water partition coefficient (Wildman–Crippen LogP) is 5.89. The molecule has 1 atom stereocenters. The third kappa shape index (κ3) is 3.61. The summed E-state index contributed by atoms with van der Waals surface area (Å²) >= 11 is 6.53. The van der Waals surface area contributed by atoms with Crippen LogP contribution in [-0.4, -0.2) is 5.66 Å². The summed E-state index contributed by atoms with van der Waals surface area (Å²) < 4.78 is 0. The molecule has 0 fully saturated rings.